The predicted molar refractivity (Wildman–Crippen MR) is 145 cm³/mol. The maximum Gasteiger partial charge on any atom is 0.0379 e. The Labute approximate surface area is 201 Å². The summed E-state index contributed by atoms with van der Waals surface area (Å²) in [6, 6.07) is 18.3. The second kappa shape index (κ2) is 9.25. The second-order valence-corrected chi connectivity index (χ2v) is 10.5. The first-order valence-corrected chi connectivity index (χ1v) is 12.4. The summed E-state index contributed by atoms with van der Waals surface area (Å²) in [5, 5.41) is 0. The van der Waals surface area contributed by atoms with Crippen LogP contribution in [0.4, 0.5) is 11.4 Å². The van der Waals surface area contributed by atoms with Crippen LogP contribution in [0.25, 0.3) is 0 Å². The minimum Gasteiger partial charge on any atom is -0.398 e. The Bertz CT molecular complexity index is 1130. The topological polar surface area (TPSA) is 52.0 Å². The fourth-order valence-corrected chi connectivity index (χ4v) is 4.88. The molecule has 0 radical (unpaired) electrons. The van der Waals surface area contributed by atoms with E-state index in [1.54, 1.807) is 0 Å². The zero-order chi connectivity index (χ0) is 24.6. The molecule has 3 rings (SSSR count). The molecule has 0 aliphatic heterocycles. The molecular formula is C31H42N2. The van der Waals surface area contributed by atoms with Gasteiger partial charge in [0.1, 0.15) is 0 Å². The van der Waals surface area contributed by atoms with Crippen LogP contribution >= 0.6 is 0 Å². The molecule has 0 amide bonds. The third-order valence-corrected chi connectivity index (χ3v) is 7.72. The van der Waals surface area contributed by atoms with Crippen molar-refractivity contribution >= 4 is 11.4 Å². The van der Waals surface area contributed by atoms with Crippen LogP contribution in [-0.4, -0.2) is 0 Å². The largest absolute Gasteiger partial charge is 0.398 e. The average Bonchev–Trinajstić information content (AvgIpc) is 2.80. The third kappa shape index (κ3) is 4.53. The zero-order valence-electron chi connectivity index (χ0n) is 21.9. The van der Waals surface area contributed by atoms with Gasteiger partial charge in [0.2, 0.25) is 0 Å². The van der Waals surface area contributed by atoms with Gasteiger partial charge in [-0.2, -0.15) is 0 Å². The van der Waals surface area contributed by atoms with Gasteiger partial charge in [0, 0.05) is 22.2 Å². The molecule has 0 bridgehead atoms. The first-order chi connectivity index (χ1) is 15.5. The van der Waals surface area contributed by atoms with Crippen molar-refractivity contribution in [2.24, 2.45) is 0 Å². The second-order valence-electron chi connectivity index (χ2n) is 10.5. The number of benzene rings is 3. The summed E-state index contributed by atoms with van der Waals surface area (Å²) < 4.78 is 0. The van der Waals surface area contributed by atoms with Crippen LogP contribution in [-0.2, 0) is 30.1 Å². The number of hydrogen-bond acceptors (Lipinski definition) is 2. The van der Waals surface area contributed by atoms with Crippen molar-refractivity contribution < 1.29 is 0 Å². The van der Waals surface area contributed by atoms with Gasteiger partial charge in [-0.1, -0.05) is 97.0 Å². The molecule has 0 fully saturated rings. The zero-order valence-corrected chi connectivity index (χ0v) is 21.9. The van der Waals surface area contributed by atoms with Crippen LogP contribution in [0.5, 0.6) is 0 Å². The Hall–Kier alpha value is -2.74. The van der Waals surface area contributed by atoms with Gasteiger partial charge in [-0.05, 0) is 70.7 Å². The summed E-state index contributed by atoms with van der Waals surface area (Å²) in [5.74, 6) is 0. The first kappa shape index (κ1) is 24.9. The normalized spacial score (nSPS) is 12.2. The van der Waals surface area contributed by atoms with Gasteiger partial charge in [-0.15, -0.1) is 0 Å². The molecule has 0 heterocycles. The van der Waals surface area contributed by atoms with Crippen LogP contribution in [0.3, 0.4) is 0 Å². The molecular weight excluding hydrogens is 400 g/mol. The van der Waals surface area contributed by atoms with Crippen LogP contribution in [0, 0.1) is 6.92 Å². The Morgan fingerprint density at radius 2 is 0.970 bits per heavy atom. The standard InChI is InChI=1S/C31H42N2/c1-9-21-16-26(15-20(4)28(21)32)30(5,6)24-13-12-14-25(19-24)31(7,8)27-17-22(10-2)29(33)23(11-3)18-27/h12-19H,9-11,32-33H2,1-8H3. The van der Waals surface area contributed by atoms with E-state index in [-0.39, 0.29) is 10.8 Å². The molecule has 0 saturated heterocycles. The van der Waals surface area contributed by atoms with E-state index in [9.17, 15) is 0 Å². The number of aryl methyl sites for hydroxylation is 4. The monoisotopic (exact) mass is 442 g/mol. The maximum absolute atomic E-state index is 6.44. The van der Waals surface area contributed by atoms with Crippen molar-refractivity contribution in [1.29, 1.82) is 0 Å². The number of nitrogens with two attached hydrogens (primary N) is 2. The highest BCUT2D eigenvalue weighted by molar-refractivity contribution is 5.59. The molecule has 3 aromatic carbocycles. The van der Waals surface area contributed by atoms with Crippen molar-refractivity contribution in [3.05, 3.63) is 93.0 Å². The molecule has 33 heavy (non-hydrogen) atoms. The van der Waals surface area contributed by atoms with Crippen molar-refractivity contribution in [3.8, 4) is 0 Å². The molecule has 0 saturated carbocycles. The molecule has 2 heteroatoms. The van der Waals surface area contributed by atoms with Gasteiger partial charge in [-0.3, -0.25) is 0 Å². The van der Waals surface area contributed by atoms with Crippen LogP contribution in [0.15, 0.2) is 48.5 Å². The number of hydrogen-bond donors (Lipinski definition) is 2. The predicted octanol–water partition coefficient (Wildman–Crippen LogP) is 7.50. The Morgan fingerprint density at radius 3 is 1.39 bits per heavy atom. The average molecular weight is 443 g/mol. The fourth-order valence-electron chi connectivity index (χ4n) is 4.88. The lowest BCUT2D eigenvalue weighted by atomic mass is 9.72. The minimum atomic E-state index is -0.126. The van der Waals surface area contributed by atoms with E-state index in [4.69, 9.17) is 11.5 Å². The molecule has 3 aromatic rings. The summed E-state index contributed by atoms with van der Waals surface area (Å²) in [6.07, 6.45) is 2.85. The molecule has 0 aromatic heterocycles. The van der Waals surface area contributed by atoms with Crippen LogP contribution in [0.1, 0.15) is 93.0 Å². The molecule has 0 aliphatic carbocycles. The number of anilines is 2. The van der Waals surface area contributed by atoms with E-state index >= 15 is 0 Å². The molecule has 0 unspecified atom stereocenters. The number of nitrogen functional groups attached to an aromatic ring is 2. The quantitative estimate of drug-likeness (QED) is 0.372. The molecule has 176 valence electrons. The van der Waals surface area contributed by atoms with E-state index in [1.165, 1.54) is 38.9 Å². The lowest BCUT2D eigenvalue weighted by molar-refractivity contribution is 0.616. The summed E-state index contributed by atoms with van der Waals surface area (Å²) in [6.45, 7) is 17.9. The minimum absolute atomic E-state index is 0.126. The van der Waals surface area contributed by atoms with E-state index < -0.39 is 0 Å². The van der Waals surface area contributed by atoms with E-state index in [1.807, 2.05) is 0 Å². The Balaban J connectivity index is 2.11. The first-order valence-electron chi connectivity index (χ1n) is 12.4. The summed E-state index contributed by atoms with van der Waals surface area (Å²) >= 11 is 0. The highest BCUT2D eigenvalue weighted by Crippen LogP contribution is 2.39. The molecule has 0 aliphatic rings. The summed E-state index contributed by atoms with van der Waals surface area (Å²) in [5.41, 5.74) is 24.6. The summed E-state index contributed by atoms with van der Waals surface area (Å²) in [4.78, 5) is 0. The van der Waals surface area contributed by atoms with Gasteiger partial charge in [0.05, 0.1) is 0 Å². The third-order valence-electron chi connectivity index (χ3n) is 7.72. The fraction of sp³-hybridized carbons (Fsp3) is 0.419. The maximum atomic E-state index is 6.44. The van der Waals surface area contributed by atoms with Gasteiger partial charge < -0.3 is 11.5 Å². The Morgan fingerprint density at radius 1 is 0.576 bits per heavy atom. The van der Waals surface area contributed by atoms with Crippen LogP contribution in [0.2, 0.25) is 0 Å². The lowest BCUT2D eigenvalue weighted by Crippen LogP contribution is -2.24. The van der Waals surface area contributed by atoms with Crippen molar-refractivity contribution in [1.82, 2.24) is 0 Å². The van der Waals surface area contributed by atoms with Crippen molar-refractivity contribution in [2.75, 3.05) is 11.5 Å². The van der Waals surface area contributed by atoms with Crippen molar-refractivity contribution in [3.63, 3.8) is 0 Å². The Kier molecular flexibility index (Phi) is 6.98. The SMILES string of the molecule is CCc1cc(C(C)(C)c2cccc(C(C)(C)c3cc(CC)c(N)c(CC)c3)c2)cc(C)c1N. The smallest absolute Gasteiger partial charge is 0.0379 e. The van der Waals surface area contributed by atoms with Gasteiger partial charge in [0.25, 0.3) is 0 Å². The van der Waals surface area contributed by atoms with Gasteiger partial charge in [-0.25, -0.2) is 0 Å². The van der Waals surface area contributed by atoms with Gasteiger partial charge in [0.15, 0.2) is 0 Å². The lowest BCUT2D eigenvalue weighted by Gasteiger charge is -2.32. The molecule has 4 N–H and O–H groups in total. The summed E-state index contributed by atoms with van der Waals surface area (Å²) in [7, 11) is 0. The highest BCUT2D eigenvalue weighted by atomic mass is 14.6. The van der Waals surface area contributed by atoms with E-state index in [0.29, 0.717) is 0 Å². The van der Waals surface area contributed by atoms with E-state index in [0.717, 1.165) is 36.2 Å². The molecule has 0 spiro atoms. The molecule has 2 nitrogen and oxygen atoms in total. The van der Waals surface area contributed by atoms with Crippen molar-refractivity contribution in [2.45, 2.75) is 85.5 Å². The van der Waals surface area contributed by atoms with Crippen LogP contribution < -0.4 is 11.5 Å². The van der Waals surface area contributed by atoms with Gasteiger partial charge >= 0.3 is 0 Å². The molecule has 0 atom stereocenters. The number of rotatable bonds is 7. The highest BCUT2D eigenvalue weighted by Gasteiger charge is 2.29. The van der Waals surface area contributed by atoms with E-state index in [2.05, 4.69) is 104 Å².